The van der Waals surface area contributed by atoms with Crippen molar-refractivity contribution in [3.05, 3.63) is 70.5 Å². The quantitative estimate of drug-likeness (QED) is 0.392. The molecule has 2 aromatic rings. The van der Waals surface area contributed by atoms with E-state index in [1.807, 2.05) is 0 Å². The fraction of sp³-hybridized carbons (Fsp3) is 0.519. The molecule has 0 radical (unpaired) electrons. The van der Waals surface area contributed by atoms with Crippen molar-refractivity contribution in [3.8, 4) is 0 Å². The van der Waals surface area contributed by atoms with Gasteiger partial charge in [0.2, 0.25) is 11.6 Å². The van der Waals surface area contributed by atoms with Crippen LogP contribution in [0.5, 0.6) is 0 Å². The molecule has 5 rings (SSSR count). The number of alkyl halides is 7. The molecule has 200 valence electrons. The number of fused-ring (bicyclic) bond motifs is 3. The van der Waals surface area contributed by atoms with Crippen LogP contribution in [0.3, 0.4) is 0 Å². The molecule has 2 fully saturated rings. The van der Waals surface area contributed by atoms with Crippen LogP contribution >= 0.6 is 0 Å². The van der Waals surface area contributed by atoms with Crippen molar-refractivity contribution in [2.45, 2.75) is 74.9 Å². The highest BCUT2D eigenvalue weighted by Crippen LogP contribution is 2.60. The van der Waals surface area contributed by atoms with Crippen molar-refractivity contribution in [1.29, 1.82) is 0 Å². The molecular formula is C27H25F8NO. The molecule has 1 amide bonds. The monoisotopic (exact) mass is 531 g/mol. The third-order valence-electron chi connectivity index (χ3n) is 8.61. The number of amides is 1. The minimum atomic E-state index is -5.13. The molecule has 1 saturated heterocycles. The van der Waals surface area contributed by atoms with Crippen LogP contribution in [0.1, 0.15) is 54.9 Å². The fourth-order valence-electron chi connectivity index (χ4n) is 6.25. The van der Waals surface area contributed by atoms with Gasteiger partial charge in [-0.05, 0) is 79.8 Å². The van der Waals surface area contributed by atoms with Gasteiger partial charge in [-0.1, -0.05) is 30.3 Å². The minimum Gasteiger partial charge on any atom is -0.338 e. The Morgan fingerprint density at radius 3 is 2.19 bits per heavy atom. The number of carbonyl (C=O) groups is 1. The number of halogens is 8. The van der Waals surface area contributed by atoms with Crippen molar-refractivity contribution in [2.75, 3.05) is 6.54 Å². The highest BCUT2D eigenvalue weighted by molar-refractivity contribution is 5.87. The molecule has 1 heterocycles. The molecule has 37 heavy (non-hydrogen) atoms. The maximum Gasteiger partial charge on any atom is 0.426 e. The third kappa shape index (κ3) is 3.93. The van der Waals surface area contributed by atoms with Gasteiger partial charge in [0.15, 0.2) is 0 Å². The molecule has 1 saturated carbocycles. The van der Waals surface area contributed by atoms with E-state index >= 15 is 0 Å². The molecule has 3 atom stereocenters. The molecule has 1 unspecified atom stereocenters. The third-order valence-corrected chi connectivity index (χ3v) is 8.61. The van der Waals surface area contributed by atoms with E-state index in [2.05, 4.69) is 0 Å². The van der Waals surface area contributed by atoms with Crippen molar-refractivity contribution < 1.29 is 39.9 Å². The Kier molecular flexibility index (Phi) is 5.74. The van der Waals surface area contributed by atoms with E-state index in [1.54, 1.807) is 12.1 Å². The number of hydrogen-bond acceptors (Lipinski definition) is 1. The van der Waals surface area contributed by atoms with E-state index in [0.717, 1.165) is 6.07 Å². The summed E-state index contributed by atoms with van der Waals surface area (Å²) in [7, 11) is 0. The second-order valence-corrected chi connectivity index (χ2v) is 10.7. The predicted octanol–water partition coefficient (Wildman–Crippen LogP) is 6.94. The smallest absolute Gasteiger partial charge is 0.338 e. The van der Waals surface area contributed by atoms with Crippen LogP contribution in [-0.2, 0) is 28.7 Å². The summed E-state index contributed by atoms with van der Waals surface area (Å²) in [4.78, 5) is 14.6. The van der Waals surface area contributed by atoms with Crippen molar-refractivity contribution >= 4 is 5.91 Å². The van der Waals surface area contributed by atoms with E-state index in [-0.39, 0.29) is 45.1 Å². The van der Waals surface area contributed by atoms with Gasteiger partial charge in [0, 0.05) is 18.0 Å². The summed E-state index contributed by atoms with van der Waals surface area (Å²) in [5.41, 5.74) is -5.64. The first kappa shape index (κ1) is 26.0. The molecule has 10 heteroatoms. The molecule has 0 N–H and O–H groups in total. The first-order valence-corrected chi connectivity index (χ1v) is 12.1. The standard InChI is InChI=1S/C27H25F8NO/c1-23(29,26(30,31)32)18-5-8-20-17(14-18)4-9-21-24(20,15-16-2-6-19(28)7-3-16)12-13-36(21)22(37)25(10-11-25)27(33,34)35/h2-3,5-8,14,21H,4,9-13,15H2,1H3/t21-,23?,24-/m1/s1. The maximum atomic E-state index is 14.7. The van der Waals surface area contributed by atoms with Crippen LogP contribution in [0.25, 0.3) is 0 Å². The Morgan fingerprint density at radius 1 is 0.973 bits per heavy atom. The SMILES string of the molecule is CC(F)(c1ccc2c(c1)CC[C@H]1N(C(=O)C3(C(F)(F)F)CC3)CC[C@@]21Cc1ccc(F)cc1)C(F)(F)F. The summed E-state index contributed by atoms with van der Waals surface area (Å²) in [6.45, 7) is 0.518. The van der Waals surface area contributed by atoms with Gasteiger partial charge in [-0.15, -0.1) is 0 Å². The first-order valence-electron chi connectivity index (χ1n) is 12.1. The molecule has 0 spiro atoms. The summed E-state index contributed by atoms with van der Waals surface area (Å²) >= 11 is 0. The van der Waals surface area contributed by atoms with Crippen LogP contribution < -0.4 is 0 Å². The highest BCUT2D eigenvalue weighted by atomic mass is 19.4. The lowest BCUT2D eigenvalue weighted by molar-refractivity contribution is -0.228. The van der Waals surface area contributed by atoms with Crippen LogP contribution in [0.2, 0.25) is 0 Å². The van der Waals surface area contributed by atoms with E-state index in [0.29, 0.717) is 23.6 Å². The zero-order valence-corrected chi connectivity index (χ0v) is 19.9. The number of nitrogens with zero attached hydrogens (tertiary/aromatic N) is 1. The van der Waals surface area contributed by atoms with E-state index in [9.17, 15) is 39.9 Å². The normalized spacial score (nSPS) is 26.3. The van der Waals surface area contributed by atoms with E-state index < -0.39 is 52.2 Å². The van der Waals surface area contributed by atoms with Gasteiger partial charge >= 0.3 is 12.4 Å². The molecule has 0 bridgehead atoms. The van der Waals surface area contributed by atoms with Gasteiger partial charge in [-0.25, -0.2) is 8.78 Å². The van der Waals surface area contributed by atoms with Gasteiger partial charge in [0.25, 0.3) is 0 Å². The molecule has 0 aromatic heterocycles. The second-order valence-electron chi connectivity index (χ2n) is 10.7. The predicted molar refractivity (Wildman–Crippen MR) is 119 cm³/mol. The number of aryl methyl sites for hydroxylation is 1. The topological polar surface area (TPSA) is 20.3 Å². The summed E-state index contributed by atoms with van der Waals surface area (Å²) in [6, 6.07) is 8.68. The number of hydrogen-bond donors (Lipinski definition) is 0. The van der Waals surface area contributed by atoms with Crippen molar-refractivity contribution in [3.63, 3.8) is 0 Å². The summed E-state index contributed by atoms with van der Waals surface area (Å²) in [5, 5.41) is 0. The fourth-order valence-corrected chi connectivity index (χ4v) is 6.25. The molecule has 1 aliphatic heterocycles. The molecular weight excluding hydrogens is 506 g/mol. The number of carbonyl (C=O) groups excluding carboxylic acids is 1. The highest BCUT2D eigenvalue weighted by Gasteiger charge is 2.71. The van der Waals surface area contributed by atoms with Gasteiger partial charge in [0.05, 0.1) is 0 Å². The van der Waals surface area contributed by atoms with Gasteiger partial charge in [0.1, 0.15) is 11.2 Å². The molecule has 3 aliphatic rings. The Hall–Kier alpha value is -2.65. The largest absolute Gasteiger partial charge is 0.426 e. The van der Waals surface area contributed by atoms with Crippen molar-refractivity contribution in [1.82, 2.24) is 4.90 Å². The second kappa shape index (κ2) is 8.17. The lowest BCUT2D eigenvalue weighted by Crippen LogP contribution is -2.52. The zero-order chi connectivity index (χ0) is 27.0. The van der Waals surface area contributed by atoms with Crippen molar-refractivity contribution in [2.24, 2.45) is 5.41 Å². The molecule has 2 nitrogen and oxygen atoms in total. The Morgan fingerprint density at radius 2 is 1.62 bits per heavy atom. The average Bonchev–Trinajstić information content (AvgIpc) is 3.56. The zero-order valence-electron chi connectivity index (χ0n) is 19.9. The van der Waals surface area contributed by atoms with Gasteiger partial charge in [-0.2, -0.15) is 26.3 Å². The molecule has 2 aromatic carbocycles. The number of benzene rings is 2. The lowest BCUT2D eigenvalue weighted by atomic mass is 9.63. The molecule has 2 aliphatic carbocycles. The van der Waals surface area contributed by atoms with Crippen LogP contribution in [0.15, 0.2) is 42.5 Å². The van der Waals surface area contributed by atoms with Crippen LogP contribution in [0, 0.1) is 11.2 Å². The number of likely N-dealkylation sites (tertiary alicyclic amines) is 1. The summed E-state index contributed by atoms with van der Waals surface area (Å²) < 4.78 is 110. The summed E-state index contributed by atoms with van der Waals surface area (Å²) in [5.74, 6) is -1.43. The maximum absolute atomic E-state index is 14.7. The first-order chi connectivity index (χ1) is 17.1. The summed E-state index contributed by atoms with van der Waals surface area (Å²) in [6.07, 6.45) is -9.38. The van der Waals surface area contributed by atoms with Gasteiger partial charge < -0.3 is 4.90 Å². The van der Waals surface area contributed by atoms with Gasteiger partial charge in [-0.3, -0.25) is 4.79 Å². The van der Waals surface area contributed by atoms with E-state index in [1.165, 1.54) is 29.2 Å². The number of rotatable bonds is 4. The Labute approximate surface area is 208 Å². The minimum absolute atomic E-state index is 0.0626. The Bertz CT molecular complexity index is 1210. The van der Waals surface area contributed by atoms with Crippen LogP contribution in [0.4, 0.5) is 35.1 Å². The van der Waals surface area contributed by atoms with Crippen LogP contribution in [-0.4, -0.2) is 35.7 Å². The average molecular weight is 531 g/mol. The lowest BCUT2D eigenvalue weighted by Gasteiger charge is -2.44. The Balaban J connectivity index is 1.58. The van der Waals surface area contributed by atoms with E-state index in [4.69, 9.17) is 0 Å².